The second-order valence-corrected chi connectivity index (χ2v) is 7.40. The van der Waals surface area contributed by atoms with E-state index in [9.17, 15) is 0 Å². The van der Waals surface area contributed by atoms with Gasteiger partial charge in [-0.2, -0.15) is 0 Å². The first-order valence-corrected chi connectivity index (χ1v) is 8.93. The Kier molecular flexibility index (Phi) is 2.82. The quantitative estimate of drug-likeness (QED) is 0.401. The van der Waals surface area contributed by atoms with Crippen LogP contribution in [0.15, 0.2) is 60.7 Å². The lowest BCUT2D eigenvalue weighted by atomic mass is 10.1. The predicted molar refractivity (Wildman–Crippen MR) is 103 cm³/mol. The molecule has 0 unspecified atom stereocenters. The lowest BCUT2D eigenvalue weighted by molar-refractivity contribution is -0.633. The summed E-state index contributed by atoms with van der Waals surface area (Å²) in [6.07, 6.45) is 0. The Morgan fingerprint density at radius 3 is 2.54 bits per heavy atom. The van der Waals surface area contributed by atoms with Gasteiger partial charge in [0.15, 0.2) is 11.0 Å². The van der Waals surface area contributed by atoms with Crippen molar-refractivity contribution < 1.29 is 4.57 Å². The maximum Gasteiger partial charge on any atom is 0.287 e. The summed E-state index contributed by atoms with van der Waals surface area (Å²) in [5.74, 6) is 1.16. The molecule has 5 aromatic rings. The number of H-pyrrole nitrogens is 1. The molecule has 0 bridgehead atoms. The van der Waals surface area contributed by atoms with Crippen molar-refractivity contribution in [1.29, 1.82) is 0 Å². The van der Waals surface area contributed by atoms with E-state index in [1.165, 1.54) is 42.3 Å². The highest BCUT2D eigenvalue weighted by Crippen LogP contribution is 2.36. The molecule has 0 aliphatic heterocycles. The number of aryl methyl sites for hydroxylation is 2. The van der Waals surface area contributed by atoms with Crippen molar-refractivity contribution in [3.8, 4) is 11.4 Å². The van der Waals surface area contributed by atoms with E-state index in [0.29, 0.717) is 0 Å². The summed E-state index contributed by atoms with van der Waals surface area (Å²) in [5, 5.41) is 2.68. The third-order valence-corrected chi connectivity index (χ3v) is 5.98. The van der Waals surface area contributed by atoms with Gasteiger partial charge in [-0.1, -0.05) is 36.4 Å². The fourth-order valence-electron chi connectivity index (χ4n) is 3.56. The van der Waals surface area contributed by atoms with Crippen molar-refractivity contribution in [2.75, 3.05) is 0 Å². The molecule has 24 heavy (non-hydrogen) atoms. The second kappa shape index (κ2) is 4.92. The molecule has 0 radical (unpaired) electrons. The number of fused-ring (bicyclic) bond motifs is 4. The number of rotatable bonds is 1. The van der Waals surface area contributed by atoms with E-state index < -0.39 is 0 Å². The number of thiophene rings is 1. The molecule has 2 heterocycles. The summed E-state index contributed by atoms with van der Waals surface area (Å²) < 4.78 is 4.96. The number of hydrogen-bond acceptors (Lipinski definition) is 1. The van der Waals surface area contributed by atoms with E-state index in [0.717, 1.165) is 5.82 Å². The Balaban J connectivity index is 1.85. The minimum absolute atomic E-state index is 1.16. The fourth-order valence-corrected chi connectivity index (χ4v) is 4.68. The van der Waals surface area contributed by atoms with Crippen LogP contribution in [0.1, 0.15) is 5.56 Å². The Labute approximate surface area is 144 Å². The monoisotopic (exact) mass is 329 g/mol. The number of aromatic nitrogens is 2. The van der Waals surface area contributed by atoms with E-state index in [4.69, 9.17) is 0 Å². The molecule has 5 rings (SSSR count). The minimum atomic E-state index is 1.16. The predicted octanol–water partition coefficient (Wildman–Crippen LogP) is 5.34. The third kappa shape index (κ3) is 1.85. The molecular formula is C21H17N2S+. The molecule has 0 amide bonds. The molecule has 0 atom stereocenters. The van der Waals surface area contributed by atoms with Gasteiger partial charge in [0.05, 0.1) is 12.6 Å². The highest BCUT2D eigenvalue weighted by Gasteiger charge is 2.20. The average Bonchev–Trinajstić information content (AvgIpc) is 3.11. The minimum Gasteiger partial charge on any atom is -0.236 e. The molecule has 116 valence electrons. The number of imidazole rings is 1. The molecule has 0 aliphatic carbocycles. The first-order valence-electron chi connectivity index (χ1n) is 8.11. The zero-order valence-corrected chi connectivity index (χ0v) is 14.4. The molecule has 3 heteroatoms. The molecule has 1 N–H and O–H groups in total. The number of nitrogens with zero attached hydrogens (tertiary/aromatic N) is 1. The number of nitrogens with one attached hydrogen (secondary N) is 1. The van der Waals surface area contributed by atoms with Gasteiger partial charge in [-0.25, -0.2) is 9.55 Å². The first-order chi connectivity index (χ1) is 11.7. The van der Waals surface area contributed by atoms with Gasteiger partial charge < -0.3 is 0 Å². The topological polar surface area (TPSA) is 19.7 Å². The number of hydrogen-bond donors (Lipinski definition) is 1. The van der Waals surface area contributed by atoms with Crippen LogP contribution in [-0.2, 0) is 7.05 Å². The smallest absolute Gasteiger partial charge is 0.236 e. The van der Waals surface area contributed by atoms with E-state index in [1.54, 1.807) is 0 Å². The summed E-state index contributed by atoms with van der Waals surface area (Å²) in [5.41, 5.74) is 4.97. The molecule has 0 saturated carbocycles. The third-order valence-electron chi connectivity index (χ3n) is 4.85. The molecular weight excluding hydrogens is 312 g/mol. The van der Waals surface area contributed by atoms with Crippen molar-refractivity contribution in [2.24, 2.45) is 7.05 Å². The Bertz CT molecular complexity index is 1230. The van der Waals surface area contributed by atoms with Crippen LogP contribution in [0.3, 0.4) is 0 Å². The van der Waals surface area contributed by atoms with Gasteiger partial charge in [0.1, 0.15) is 0 Å². The van der Waals surface area contributed by atoms with Crippen molar-refractivity contribution in [1.82, 2.24) is 4.98 Å². The van der Waals surface area contributed by atoms with Crippen molar-refractivity contribution >= 4 is 42.5 Å². The Morgan fingerprint density at radius 1 is 0.875 bits per heavy atom. The maximum atomic E-state index is 3.64. The van der Waals surface area contributed by atoms with Gasteiger partial charge in [0.25, 0.3) is 5.82 Å². The van der Waals surface area contributed by atoms with Crippen LogP contribution in [0.2, 0.25) is 0 Å². The molecule has 0 spiro atoms. The maximum absolute atomic E-state index is 3.64. The molecule has 2 nitrogen and oxygen atoms in total. The first kappa shape index (κ1) is 13.8. The van der Waals surface area contributed by atoms with Gasteiger partial charge >= 0.3 is 0 Å². The molecule has 0 saturated heterocycles. The zero-order chi connectivity index (χ0) is 16.3. The molecule has 0 aliphatic rings. The Hall–Kier alpha value is -2.65. The zero-order valence-electron chi connectivity index (χ0n) is 13.6. The van der Waals surface area contributed by atoms with Crippen LogP contribution >= 0.6 is 11.3 Å². The number of aromatic amines is 1. The van der Waals surface area contributed by atoms with Gasteiger partial charge in [-0.3, -0.25) is 0 Å². The van der Waals surface area contributed by atoms with Gasteiger partial charge in [0.2, 0.25) is 0 Å². The van der Waals surface area contributed by atoms with Gasteiger partial charge in [-0.15, -0.1) is 11.3 Å². The molecule has 2 aromatic heterocycles. The molecule has 3 aromatic carbocycles. The summed E-state index contributed by atoms with van der Waals surface area (Å²) in [7, 11) is 2.14. The molecule has 0 fully saturated rings. The van der Waals surface area contributed by atoms with E-state index in [-0.39, 0.29) is 0 Å². The van der Waals surface area contributed by atoms with Crippen molar-refractivity contribution in [2.45, 2.75) is 6.92 Å². The SMILES string of the molecule is Cc1ccccc1-c1[nH]c2cc3c(cc2[n+]1C)sc1ccccc13. The van der Waals surface area contributed by atoms with Crippen LogP contribution in [0, 0.1) is 6.92 Å². The van der Waals surface area contributed by atoms with Crippen molar-refractivity contribution in [3.63, 3.8) is 0 Å². The average molecular weight is 329 g/mol. The highest BCUT2D eigenvalue weighted by atomic mass is 32.1. The highest BCUT2D eigenvalue weighted by molar-refractivity contribution is 7.25. The normalized spacial score (nSPS) is 11.8. The van der Waals surface area contributed by atoms with Crippen LogP contribution in [0.5, 0.6) is 0 Å². The number of benzene rings is 3. The van der Waals surface area contributed by atoms with Crippen LogP contribution in [0.25, 0.3) is 42.6 Å². The van der Waals surface area contributed by atoms with Crippen LogP contribution in [0.4, 0.5) is 0 Å². The Morgan fingerprint density at radius 2 is 1.67 bits per heavy atom. The van der Waals surface area contributed by atoms with Crippen molar-refractivity contribution in [3.05, 3.63) is 66.2 Å². The van der Waals surface area contributed by atoms with Gasteiger partial charge in [-0.05, 0) is 30.7 Å². The standard InChI is InChI=1S/C21H16N2S/c1-13-7-3-4-8-14(13)21-22-17-11-16-15-9-5-6-10-19(15)24-20(16)12-18(17)23(21)2/h3-12H,1-2H3/p+1. The van der Waals surface area contributed by atoms with E-state index >= 15 is 0 Å². The summed E-state index contributed by atoms with van der Waals surface area (Å²) >= 11 is 1.87. The summed E-state index contributed by atoms with van der Waals surface area (Å²) in [6, 6.07) is 21.8. The van der Waals surface area contributed by atoms with E-state index in [2.05, 4.69) is 84.2 Å². The van der Waals surface area contributed by atoms with Crippen LogP contribution < -0.4 is 4.57 Å². The van der Waals surface area contributed by atoms with Gasteiger partial charge in [0, 0.05) is 26.2 Å². The second-order valence-electron chi connectivity index (χ2n) is 6.31. The fraction of sp³-hybridized carbons (Fsp3) is 0.0952. The van der Waals surface area contributed by atoms with Crippen LogP contribution in [-0.4, -0.2) is 4.98 Å². The lowest BCUT2D eigenvalue weighted by Gasteiger charge is -1.99. The van der Waals surface area contributed by atoms with E-state index in [1.807, 2.05) is 11.3 Å². The lowest BCUT2D eigenvalue weighted by Crippen LogP contribution is -2.29. The summed E-state index contributed by atoms with van der Waals surface area (Å²) in [4.78, 5) is 3.64. The summed E-state index contributed by atoms with van der Waals surface area (Å²) in [6.45, 7) is 2.16. The largest absolute Gasteiger partial charge is 0.287 e.